The van der Waals surface area contributed by atoms with Crippen LogP contribution in [0.25, 0.3) is 16.3 Å². The van der Waals surface area contributed by atoms with Crippen LogP contribution in [0.2, 0.25) is 0 Å². The Morgan fingerprint density at radius 3 is 2.76 bits per heavy atom. The fraction of sp³-hybridized carbons (Fsp3) is 0.200. The lowest BCUT2D eigenvalue weighted by Gasteiger charge is -2.09. The van der Waals surface area contributed by atoms with E-state index < -0.39 is 0 Å². The van der Waals surface area contributed by atoms with E-state index >= 15 is 0 Å². The Balaban J connectivity index is 1.93. The number of allylic oxidation sites excluding steroid dienone is 4. The van der Waals surface area contributed by atoms with Crippen LogP contribution in [-0.4, -0.2) is 10.9 Å². The van der Waals surface area contributed by atoms with Crippen molar-refractivity contribution in [1.29, 1.82) is 0 Å². The minimum Gasteiger partial charge on any atom is -0.389 e. The SMILES string of the molecule is C=C/C(C)=C\C(=C(/N)Cl)c1ccc2cc(NC(=O)C3CC3)ncc2c1. The number of pyridine rings is 1. The molecule has 1 aromatic heterocycles. The molecule has 1 heterocycles. The lowest BCUT2D eigenvalue weighted by molar-refractivity contribution is -0.117. The molecule has 25 heavy (non-hydrogen) atoms. The van der Waals surface area contributed by atoms with Gasteiger partial charge in [0.05, 0.1) is 0 Å². The smallest absolute Gasteiger partial charge is 0.228 e. The average Bonchev–Trinajstić information content (AvgIpc) is 3.43. The lowest BCUT2D eigenvalue weighted by Crippen LogP contribution is -2.14. The molecule has 0 spiro atoms. The van der Waals surface area contributed by atoms with Gasteiger partial charge in [-0.15, -0.1) is 0 Å². The highest BCUT2D eigenvalue weighted by Gasteiger charge is 2.29. The largest absolute Gasteiger partial charge is 0.389 e. The molecule has 0 radical (unpaired) electrons. The Morgan fingerprint density at radius 2 is 2.12 bits per heavy atom. The number of carbonyl (C=O) groups excluding carboxylic acids is 1. The number of fused-ring (bicyclic) bond motifs is 1. The Labute approximate surface area is 152 Å². The monoisotopic (exact) mass is 353 g/mol. The van der Waals surface area contributed by atoms with Gasteiger partial charge < -0.3 is 11.1 Å². The number of nitrogens with one attached hydrogen (secondary N) is 1. The molecule has 2 aromatic rings. The molecule has 0 bridgehead atoms. The van der Waals surface area contributed by atoms with E-state index in [2.05, 4.69) is 16.9 Å². The highest BCUT2D eigenvalue weighted by Crippen LogP contribution is 2.30. The normalized spacial score (nSPS) is 15.7. The first-order valence-electron chi connectivity index (χ1n) is 8.15. The quantitative estimate of drug-likeness (QED) is 0.610. The molecule has 1 fully saturated rings. The zero-order chi connectivity index (χ0) is 18.0. The summed E-state index contributed by atoms with van der Waals surface area (Å²) in [6.07, 6.45) is 7.32. The first kappa shape index (κ1) is 17.2. The van der Waals surface area contributed by atoms with Gasteiger partial charge in [-0.3, -0.25) is 4.79 Å². The van der Waals surface area contributed by atoms with E-state index in [1.165, 1.54) is 0 Å². The summed E-state index contributed by atoms with van der Waals surface area (Å²) in [5, 5.41) is 5.02. The summed E-state index contributed by atoms with van der Waals surface area (Å²) >= 11 is 6.06. The summed E-state index contributed by atoms with van der Waals surface area (Å²) in [6, 6.07) is 7.77. The molecule has 0 aliphatic heterocycles. The van der Waals surface area contributed by atoms with E-state index in [0.717, 1.165) is 40.3 Å². The van der Waals surface area contributed by atoms with Crippen LogP contribution < -0.4 is 11.1 Å². The second kappa shape index (κ2) is 7.11. The van der Waals surface area contributed by atoms with Crippen LogP contribution in [-0.2, 0) is 4.79 Å². The van der Waals surface area contributed by atoms with Crippen molar-refractivity contribution in [2.75, 3.05) is 5.32 Å². The van der Waals surface area contributed by atoms with E-state index in [4.69, 9.17) is 17.3 Å². The summed E-state index contributed by atoms with van der Waals surface area (Å²) in [7, 11) is 0. The number of nitrogens with two attached hydrogens (primary N) is 1. The number of rotatable bonds is 5. The van der Waals surface area contributed by atoms with Gasteiger partial charge in [0.25, 0.3) is 0 Å². The number of hydrogen-bond donors (Lipinski definition) is 2. The molecular weight excluding hydrogens is 334 g/mol. The summed E-state index contributed by atoms with van der Waals surface area (Å²) in [5.41, 5.74) is 8.44. The maximum atomic E-state index is 11.9. The van der Waals surface area contributed by atoms with Gasteiger partial charge in [-0.1, -0.05) is 42.0 Å². The molecule has 0 unspecified atom stereocenters. The zero-order valence-electron chi connectivity index (χ0n) is 14.1. The van der Waals surface area contributed by atoms with Crippen molar-refractivity contribution in [3.63, 3.8) is 0 Å². The second-order valence-corrected chi connectivity index (χ2v) is 6.66. The Morgan fingerprint density at radius 1 is 1.36 bits per heavy atom. The molecule has 5 heteroatoms. The number of benzene rings is 1. The number of anilines is 1. The summed E-state index contributed by atoms with van der Waals surface area (Å²) in [5.74, 6) is 0.778. The van der Waals surface area contributed by atoms with Crippen LogP contribution in [0.4, 0.5) is 5.82 Å². The van der Waals surface area contributed by atoms with Gasteiger partial charge in [0, 0.05) is 23.1 Å². The van der Waals surface area contributed by atoms with E-state index in [1.807, 2.05) is 37.3 Å². The molecule has 1 aromatic carbocycles. The van der Waals surface area contributed by atoms with Crippen molar-refractivity contribution in [3.8, 4) is 0 Å². The van der Waals surface area contributed by atoms with E-state index in [-0.39, 0.29) is 17.0 Å². The van der Waals surface area contributed by atoms with Gasteiger partial charge in [-0.2, -0.15) is 0 Å². The van der Waals surface area contributed by atoms with Crippen molar-refractivity contribution in [2.24, 2.45) is 11.7 Å². The average molecular weight is 354 g/mol. The maximum absolute atomic E-state index is 11.9. The van der Waals surface area contributed by atoms with Crippen LogP contribution in [0.1, 0.15) is 25.3 Å². The number of amides is 1. The van der Waals surface area contributed by atoms with Gasteiger partial charge in [0.15, 0.2) is 0 Å². The van der Waals surface area contributed by atoms with Gasteiger partial charge in [0.2, 0.25) is 5.91 Å². The number of carbonyl (C=O) groups is 1. The Hall–Kier alpha value is -2.59. The molecule has 128 valence electrons. The summed E-state index contributed by atoms with van der Waals surface area (Å²) < 4.78 is 0. The van der Waals surface area contributed by atoms with Gasteiger partial charge in [-0.25, -0.2) is 4.98 Å². The minimum absolute atomic E-state index is 0.0497. The number of hydrogen-bond acceptors (Lipinski definition) is 3. The van der Waals surface area contributed by atoms with E-state index in [9.17, 15) is 4.79 Å². The Kier molecular flexibility index (Phi) is 4.91. The third-order valence-electron chi connectivity index (χ3n) is 4.18. The number of aromatic nitrogens is 1. The second-order valence-electron chi connectivity index (χ2n) is 6.25. The standard InChI is InChI=1S/C20H20ClN3O/c1-3-12(2)8-17(19(21)22)15-7-6-14-10-18(23-11-16(14)9-15)24-20(25)13-4-5-13/h3,6-11,13H,1,4-5,22H2,2H3,(H,23,24,25)/b12-8-,19-17+. The fourth-order valence-corrected chi connectivity index (χ4v) is 2.69. The third kappa shape index (κ3) is 4.09. The third-order valence-corrected chi connectivity index (χ3v) is 4.39. The molecule has 1 saturated carbocycles. The Bertz CT molecular complexity index is 906. The predicted octanol–water partition coefficient (Wildman–Crippen LogP) is 4.58. The van der Waals surface area contributed by atoms with E-state index in [0.29, 0.717) is 5.82 Å². The number of halogens is 1. The van der Waals surface area contributed by atoms with E-state index in [1.54, 1.807) is 12.3 Å². The summed E-state index contributed by atoms with van der Waals surface area (Å²) in [6.45, 7) is 5.68. The maximum Gasteiger partial charge on any atom is 0.228 e. The number of nitrogens with zero attached hydrogens (tertiary/aromatic N) is 1. The lowest BCUT2D eigenvalue weighted by atomic mass is 10.0. The van der Waals surface area contributed by atoms with Crippen molar-refractivity contribution in [1.82, 2.24) is 4.98 Å². The summed E-state index contributed by atoms with van der Waals surface area (Å²) in [4.78, 5) is 16.2. The van der Waals surface area contributed by atoms with Crippen molar-refractivity contribution >= 4 is 39.7 Å². The van der Waals surface area contributed by atoms with Gasteiger partial charge in [-0.05, 0) is 48.9 Å². The molecule has 1 amide bonds. The molecule has 3 rings (SSSR count). The van der Waals surface area contributed by atoms with Crippen LogP contribution >= 0.6 is 11.6 Å². The van der Waals surface area contributed by atoms with Crippen molar-refractivity contribution in [2.45, 2.75) is 19.8 Å². The first-order valence-corrected chi connectivity index (χ1v) is 8.53. The van der Waals surface area contributed by atoms with Crippen LogP contribution in [0.5, 0.6) is 0 Å². The topological polar surface area (TPSA) is 68.0 Å². The molecule has 4 nitrogen and oxygen atoms in total. The molecule has 1 aliphatic rings. The molecule has 0 saturated heterocycles. The van der Waals surface area contributed by atoms with Crippen molar-refractivity contribution in [3.05, 3.63) is 65.5 Å². The molecule has 0 atom stereocenters. The zero-order valence-corrected chi connectivity index (χ0v) is 14.8. The van der Waals surface area contributed by atoms with Crippen LogP contribution in [0, 0.1) is 5.92 Å². The van der Waals surface area contributed by atoms with Crippen LogP contribution in [0.15, 0.2) is 59.9 Å². The molecule has 3 N–H and O–H groups in total. The first-order chi connectivity index (χ1) is 12.0. The molecular formula is C20H20ClN3O. The van der Waals surface area contributed by atoms with Crippen molar-refractivity contribution < 1.29 is 4.79 Å². The highest BCUT2D eigenvalue weighted by atomic mass is 35.5. The highest BCUT2D eigenvalue weighted by molar-refractivity contribution is 6.32. The molecule has 1 aliphatic carbocycles. The minimum atomic E-state index is 0.0497. The fourth-order valence-electron chi connectivity index (χ4n) is 2.53. The van der Waals surface area contributed by atoms with Crippen LogP contribution in [0.3, 0.4) is 0 Å². The van der Waals surface area contributed by atoms with Gasteiger partial charge >= 0.3 is 0 Å². The predicted molar refractivity (Wildman–Crippen MR) is 104 cm³/mol. The van der Waals surface area contributed by atoms with Gasteiger partial charge in [0.1, 0.15) is 11.0 Å².